The predicted molar refractivity (Wildman–Crippen MR) is 61.4 cm³/mol. The highest BCUT2D eigenvalue weighted by molar-refractivity contribution is 5.69. The van der Waals surface area contributed by atoms with Gasteiger partial charge in [0.15, 0.2) is 11.6 Å². The van der Waals surface area contributed by atoms with Gasteiger partial charge in [-0.2, -0.15) is 0 Å². The first-order valence-corrected chi connectivity index (χ1v) is 5.21. The average molecular weight is 243 g/mol. The van der Waals surface area contributed by atoms with E-state index in [4.69, 9.17) is 5.11 Å². The third-order valence-electron chi connectivity index (χ3n) is 2.56. The first-order chi connectivity index (χ1) is 7.84. The first-order valence-electron chi connectivity index (χ1n) is 5.21. The molecule has 5 heteroatoms. The molecule has 1 aromatic carbocycles. The van der Waals surface area contributed by atoms with Gasteiger partial charge in [-0.1, -0.05) is 13.0 Å². The van der Waals surface area contributed by atoms with E-state index in [0.717, 1.165) is 6.07 Å². The molecule has 3 nitrogen and oxygen atoms in total. The molecule has 0 fully saturated rings. The van der Waals surface area contributed by atoms with Crippen molar-refractivity contribution in [1.82, 2.24) is 0 Å². The molecule has 0 aliphatic rings. The second-order valence-corrected chi connectivity index (χ2v) is 4.19. The summed E-state index contributed by atoms with van der Waals surface area (Å²) in [4.78, 5) is 12.1. The highest BCUT2D eigenvalue weighted by atomic mass is 19.2. The number of carbonyl (C=O) groups is 1. The van der Waals surface area contributed by atoms with Crippen LogP contribution in [0.3, 0.4) is 0 Å². The number of anilines is 1. The summed E-state index contributed by atoms with van der Waals surface area (Å²) in [7, 11) is 3.18. The van der Waals surface area contributed by atoms with Gasteiger partial charge in [-0.15, -0.1) is 0 Å². The van der Waals surface area contributed by atoms with E-state index in [1.165, 1.54) is 11.0 Å². The molecule has 17 heavy (non-hydrogen) atoms. The lowest BCUT2D eigenvalue weighted by molar-refractivity contribution is -0.137. The molecule has 1 N–H and O–H groups in total. The predicted octanol–water partition coefficient (Wildman–Crippen LogP) is 2.61. The zero-order chi connectivity index (χ0) is 13.2. The zero-order valence-corrected chi connectivity index (χ0v) is 10.00. The number of benzene rings is 1. The molecule has 0 heterocycles. The van der Waals surface area contributed by atoms with Crippen molar-refractivity contribution in [2.75, 3.05) is 19.0 Å². The number of nitrogens with zero attached hydrogens (tertiary/aromatic N) is 1. The van der Waals surface area contributed by atoms with Crippen LogP contribution in [0.4, 0.5) is 14.5 Å². The van der Waals surface area contributed by atoms with E-state index in [0.29, 0.717) is 5.56 Å². The van der Waals surface area contributed by atoms with Gasteiger partial charge in [0.2, 0.25) is 0 Å². The summed E-state index contributed by atoms with van der Waals surface area (Å²) in [5, 5.41) is 8.72. The van der Waals surface area contributed by atoms with Crippen molar-refractivity contribution in [3.8, 4) is 0 Å². The van der Waals surface area contributed by atoms with Crippen LogP contribution in [-0.2, 0) is 4.79 Å². The molecule has 0 saturated heterocycles. The molecule has 0 aliphatic carbocycles. The lowest BCUT2D eigenvalue weighted by Crippen LogP contribution is -2.16. The third-order valence-corrected chi connectivity index (χ3v) is 2.56. The number of carboxylic acids is 1. The topological polar surface area (TPSA) is 40.5 Å². The lowest BCUT2D eigenvalue weighted by Gasteiger charge is -2.21. The number of rotatable bonds is 4. The van der Waals surface area contributed by atoms with Gasteiger partial charge in [0.1, 0.15) is 0 Å². The van der Waals surface area contributed by atoms with E-state index < -0.39 is 17.6 Å². The summed E-state index contributed by atoms with van der Waals surface area (Å²) in [6.45, 7) is 1.67. The van der Waals surface area contributed by atoms with Gasteiger partial charge in [-0.3, -0.25) is 4.79 Å². The molecular weight excluding hydrogens is 228 g/mol. The Morgan fingerprint density at radius 2 is 2.00 bits per heavy atom. The van der Waals surface area contributed by atoms with E-state index in [1.807, 2.05) is 0 Å². The smallest absolute Gasteiger partial charge is 0.303 e. The second-order valence-electron chi connectivity index (χ2n) is 4.19. The minimum absolute atomic E-state index is 0.110. The van der Waals surface area contributed by atoms with E-state index in [1.54, 1.807) is 21.0 Å². The molecule has 1 atom stereocenters. The van der Waals surface area contributed by atoms with Crippen molar-refractivity contribution in [3.05, 3.63) is 29.3 Å². The number of hydrogen-bond donors (Lipinski definition) is 1. The second kappa shape index (κ2) is 5.12. The maximum atomic E-state index is 13.6. The first kappa shape index (κ1) is 13.4. The van der Waals surface area contributed by atoms with E-state index in [-0.39, 0.29) is 18.0 Å². The lowest BCUT2D eigenvalue weighted by atomic mass is 9.95. The van der Waals surface area contributed by atoms with Crippen LogP contribution >= 0.6 is 0 Å². The Hall–Kier alpha value is -1.65. The van der Waals surface area contributed by atoms with Crippen molar-refractivity contribution in [2.45, 2.75) is 19.3 Å². The minimum Gasteiger partial charge on any atom is -0.481 e. The normalized spacial score (nSPS) is 12.3. The van der Waals surface area contributed by atoms with Crippen molar-refractivity contribution >= 4 is 11.7 Å². The van der Waals surface area contributed by atoms with Crippen molar-refractivity contribution in [3.63, 3.8) is 0 Å². The summed E-state index contributed by atoms with van der Waals surface area (Å²) >= 11 is 0. The van der Waals surface area contributed by atoms with Crippen molar-refractivity contribution < 1.29 is 18.7 Å². The number of halogens is 2. The Bertz CT molecular complexity index is 433. The van der Waals surface area contributed by atoms with Crippen LogP contribution < -0.4 is 4.90 Å². The summed E-state index contributed by atoms with van der Waals surface area (Å²) in [6, 6.07) is 2.46. The van der Waals surface area contributed by atoms with Crippen LogP contribution in [0.2, 0.25) is 0 Å². The molecule has 0 bridgehead atoms. The Labute approximate surface area is 98.7 Å². The fourth-order valence-electron chi connectivity index (χ4n) is 1.78. The van der Waals surface area contributed by atoms with Gasteiger partial charge in [0.25, 0.3) is 0 Å². The molecule has 0 amide bonds. The quantitative estimate of drug-likeness (QED) is 0.883. The third kappa shape index (κ3) is 2.93. The molecule has 0 saturated carbocycles. The Morgan fingerprint density at radius 1 is 1.41 bits per heavy atom. The zero-order valence-electron chi connectivity index (χ0n) is 10.00. The van der Waals surface area contributed by atoms with E-state index >= 15 is 0 Å². The molecule has 1 rings (SSSR count). The van der Waals surface area contributed by atoms with Crippen LogP contribution in [-0.4, -0.2) is 25.2 Å². The minimum atomic E-state index is -0.966. The average Bonchev–Trinajstić information content (AvgIpc) is 2.19. The number of aliphatic carboxylic acids is 1. The maximum Gasteiger partial charge on any atom is 0.303 e. The van der Waals surface area contributed by atoms with E-state index in [9.17, 15) is 13.6 Å². The largest absolute Gasteiger partial charge is 0.481 e. The van der Waals surface area contributed by atoms with Crippen molar-refractivity contribution in [2.24, 2.45) is 0 Å². The van der Waals surface area contributed by atoms with Crippen LogP contribution in [0.25, 0.3) is 0 Å². The molecule has 0 aromatic heterocycles. The van der Waals surface area contributed by atoms with Crippen LogP contribution in [0, 0.1) is 11.6 Å². The SMILES string of the molecule is CC(CC(=O)O)c1ccc(F)c(F)c1N(C)C. The summed E-state index contributed by atoms with van der Waals surface area (Å²) < 4.78 is 26.8. The van der Waals surface area contributed by atoms with E-state index in [2.05, 4.69) is 0 Å². The molecule has 1 aromatic rings. The van der Waals surface area contributed by atoms with Gasteiger partial charge >= 0.3 is 5.97 Å². The van der Waals surface area contributed by atoms with Crippen LogP contribution in [0.1, 0.15) is 24.8 Å². The fraction of sp³-hybridized carbons (Fsp3) is 0.417. The highest BCUT2D eigenvalue weighted by Gasteiger charge is 2.20. The Balaban J connectivity index is 3.23. The van der Waals surface area contributed by atoms with Gasteiger partial charge in [0.05, 0.1) is 12.1 Å². The summed E-state index contributed by atoms with van der Waals surface area (Å²) in [6.07, 6.45) is -0.119. The summed E-state index contributed by atoms with van der Waals surface area (Å²) in [5.41, 5.74) is 0.607. The van der Waals surface area contributed by atoms with Gasteiger partial charge in [-0.25, -0.2) is 8.78 Å². The standard InChI is InChI=1S/C12H15F2NO2/c1-7(6-10(16)17)8-4-5-9(13)11(14)12(8)15(2)3/h4-5,7H,6H2,1-3H3,(H,16,17). The Kier molecular flexibility index (Phi) is 4.04. The maximum absolute atomic E-state index is 13.6. The summed E-state index contributed by atoms with van der Waals surface area (Å²) in [5.74, 6) is -3.21. The van der Waals surface area contributed by atoms with Gasteiger partial charge in [0, 0.05) is 14.1 Å². The molecule has 1 unspecified atom stereocenters. The number of carboxylic acid groups (broad SMARTS) is 1. The Morgan fingerprint density at radius 3 is 2.47 bits per heavy atom. The highest BCUT2D eigenvalue weighted by Crippen LogP contribution is 2.32. The molecule has 0 spiro atoms. The number of hydrogen-bond acceptors (Lipinski definition) is 2. The van der Waals surface area contributed by atoms with Gasteiger partial charge in [-0.05, 0) is 17.5 Å². The molecular formula is C12H15F2NO2. The van der Waals surface area contributed by atoms with Gasteiger partial charge < -0.3 is 10.0 Å². The van der Waals surface area contributed by atoms with Crippen molar-refractivity contribution in [1.29, 1.82) is 0 Å². The molecule has 0 aliphatic heterocycles. The van der Waals surface area contributed by atoms with Crippen LogP contribution in [0.15, 0.2) is 12.1 Å². The fourth-order valence-corrected chi connectivity index (χ4v) is 1.78. The molecule has 0 radical (unpaired) electrons. The molecule has 94 valence electrons. The monoisotopic (exact) mass is 243 g/mol. The van der Waals surface area contributed by atoms with Crippen LogP contribution in [0.5, 0.6) is 0 Å².